The number of aromatic amines is 1. The number of nitrogens with one attached hydrogen (secondary N) is 1. The molecule has 0 radical (unpaired) electrons. The maximum Gasteiger partial charge on any atom is 0.165 e. The Morgan fingerprint density at radius 2 is 2.12 bits per heavy atom. The van der Waals surface area contributed by atoms with Crippen LogP contribution in [0, 0.1) is 17.7 Å². The molecule has 0 saturated carbocycles. The second kappa shape index (κ2) is 8.61. The van der Waals surface area contributed by atoms with Crippen molar-refractivity contribution in [1.29, 1.82) is 0 Å². The minimum atomic E-state index is -0.387. The fraction of sp³-hybridized carbons (Fsp3) is 0.115. The Hall–Kier alpha value is -4.22. The molecule has 5 aromatic rings. The van der Waals surface area contributed by atoms with Gasteiger partial charge in [0.15, 0.2) is 11.6 Å². The van der Waals surface area contributed by atoms with Gasteiger partial charge in [-0.1, -0.05) is 36.1 Å². The average molecular weight is 468 g/mol. The van der Waals surface area contributed by atoms with Crippen molar-refractivity contribution in [1.82, 2.24) is 25.0 Å². The minimum absolute atomic E-state index is 0.123. The topological polar surface area (TPSA) is 68.6 Å². The Kier molecular flexibility index (Phi) is 5.17. The first-order valence-electron chi connectivity index (χ1n) is 10.7. The number of thiophene rings is 1. The monoisotopic (exact) mass is 467 g/mol. The second-order valence-corrected chi connectivity index (χ2v) is 8.82. The Bertz CT molecular complexity index is 1540. The van der Waals surface area contributed by atoms with Crippen LogP contribution < -0.4 is 4.74 Å². The highest BCUT2D eigenvalue weighted by Crippen LogP contribution is 2.41. The van der Waals surface area contributed by atoms with Crippen LogP contribution in [0.3, 0.4) is 0 Å². The molecular formula is C26H18FN5OS. The summed E-state index contributed by atoms with van der Waals surface area (Å²) in [4.78, 5) is 4.92. The van der Waals surface area contributed by atoms with Gasteiger partial charge in [0.1, 0.15) is 19.3 Å². The van der Waals surface area contributed by atoms with Crippen molar-refractivity contribution in [3.8, 4) is 40.1 Å². The molecule has 0 atom stereocenters. The van der Waals surface area contributed by atoms with E-state index < -0.39 is 0 Å². The molecule has 0 aliphatic heterocycles. The van der Waals surface area contributed by atoms with Crippen molar-refractivity contribution in [2.75, 3.05) is 6.61 Å². The Morgan fingerprint density at radius 3 is 3.00 bits per heavy atom. The molecule has 3 aromatic heterocycles. The maximum atomic E-state index is 13.6. The van der Waals surface area contributed by atoms with Crippen LogP contribution in [0.15, 0.2) is 66.6 Å². The minimum Gasteiger partial charge on any atom is -0.478 e. The number of benzene rings is 2. The molecule has 1 N–H and O–H groups in total. The lowest BCUT2D eigenvalue weighted by Crippen LogP contribution is -2.00. The van der Waals surface area contributed by atoms with E-state index in [1.807, 2.05) is 10.7 Å². The maximum absolute atomic E-state index is 13.6. The average Bonchev–Trinajstić information content (AvgIpc) is 3.63. The number of hydrogen-bond donors (Lipinski definition) is 1. The van der Waals surface area contributed by atoms with Gasteiger partial charge in [0, 0.05) is 28.5 Å². The van der Waals surface area contributed by atoms with Crippen LogP contribution in [0.25, 0.3) is 22.5 Å². The van der Waals surface area contributed by atoms with Gasteiger partial charge >= 0.3 is 0 Å². The summed E-state index contributed by atoms with van der Waals surface area (Å²) >= 11 is 1.56. The zero-order valence-corrected chi connectivity index (χ0v) is 18.8. The fourth-order valence-electron chi connectivity index (χ4n) is 4.12. The highest BCUT2D eigenvalue weighted by Gasteiger charge is 2.25. The summed E-state index contributed by atoms with van der Waals surface area (Å²) in [6, 6.07) is 14.9. The van der Waals surface area contributed by atoms with Gasteiger partial charge in [-0.25, -0.2) is 14.1 Å². The molecule has 0 amide bonds. The van der Waals surface area contributed by atoms with Crippen molar-refractivity contribution < 1.29 is 9.13 Å². The van der Waals surface area contributed by atoms with Gasteiger partial charge < -0.3 is 4.74 Å². The van der Waals surface area contributed by atoms with Crippen molar-refractivity contribution in [3.05, 3.63) is 94.0 Å². The third-order valence-corrected chi connectivity index (χ3v) is 6.56. The first-order chi connectivity index (χ1) is 16.7. The Balaban J connectivity index is 1.18. The van der Waals surface area contributed by atoms with E-state index in [0.717, 1.165) is 28.2 Å². The van der Waals surface area contributed by atoms with E-state index in [1.54, 1.807) is 42.2 Å². The molecule has 1 aliphatic rings. The van der Waals surface area contributed by atoms with Crippen LogP contribution in [0.2, 0.25) is 0 Å². The molecule has 166 valence electrons. The molecule has 0 spiro atoms. The molecular weight excluding hydrogens is 449 g/mol. The molecule has 0 unspecified atom stereocenters. The highest BCUT2D eigenvalue weighted by molar-refractivity contribution is 7.11. The third kappa shape index (κ3) is 3.87. The molecule has 1 aliphatic carbocycles. The van der Waals surface area contributed by atoms with Gasteiger partial charge in [-0.05, 0) is 35.4 Å². The van der Waals surface area contributed by atoms with E-state index in [-0.39, 0.29) is 18.2 Å². The number of aromatic nitrogens is 5. The van der Waals surface area contributed by atoms with E-state index in [0.29, 0.717) is 6.54 Å². The van der Waals surface area contributed by atoms with Gasteiger partial charge in [0.25, 0.3) is 0 Å². The number of para-hydroxylation sites is 1. The summed E-state index contributed by atoms with van der Waals surface area (Å²) in [5, 5.41) is 14.1. The third-order valence-electron chi connectivity index (χ3n) is 5.71. The van der Waals surface area contributed by atoms with E-state index >= 15 is 0 Å². The number of hydrogen-bond acceptors (Lipinski definition) is 5. The van der Waals surface area contributed by atoms with Gasteiger partial charge in [-0.2, -0.15) is 10.2 Å². The first kappa shape index (κ1) is 20.4. The molecule has 0 bridgehead atoms. The number of nitrogens with zero attached hydrogens (tertiary/aromatic N) is 4. The van der Waals surface area contributed by atoms with Crippen LogP contribution in [0.4, 0.5) is 4.39 Å². The lowest BCUT2D eigenvalue weighted by molar-refractivity contribution is 0.348. The molecule has 6 rings (SSSR count). The summed E-state index contributed by atoms with van der Waals surface area (Å²) in [6.45, 7) is 0.801. The molecule has 2 aromatic carbocycles. The van der Waals surface area contributed by atoms with E-state index in [4.69, 9.17) is 4.74 Å². The smallest absolute Gasteiger partial charge is 0.165 e. The summed E-state index contributed by atoms with van der Waals surface area (Å²) in [5.74, 6) is 5.88. The van der Waals surface area contributed by atoms with Gasteiger partial charge in [0.2, 0.25) is 0 Å². The quantitative estimate of drug-likeness (QED) is 0.366. The number of rotatable bonds is 5. The van der Waals surface area contributed by atoms with Crippen LogP contribution >= 0.6 is 11.3 Å². The van der Waals surface area contributed by atoms with Crippen molar-refractivity contribution in [2.24, 2.45) is 0 Å². The summed E-state index contributed by atoms with van der Waals surface area (Å²) in [7, 11) is 0. The summed E-state index contributed by atoms with van der Waals surface area (Å²) < 4.78 is 20.8. The van der Waals surface area contributed by atoms with E-state index in [9.17, 15) is 4.39 Å². The lowest BCUT2D eigenvalue weighted by atomic mass is 10.1. The second-order valence-electron chi connectivity index (χ2n) is 7.91. The van der Waals surface area contributed by atoms with Crippen molar-refractivity contribution >= 4 is 11.3 Å². The number of H-pyrrole nitrogens is 1. The van der Waals surface area contributed by atoms with Gasteiger partial charge in [-0.15, -0.1) is 11.3 Å². The van der Waals surface area contributed by atoms with Crippen LogP contribution in [-0.4, -0.2) is 31.6 Å². The summed E-state index contributed by atoms with van der Waals surface area (Å²) in [6.07, 6.45) is 4.10. The van der Waals surface area contributed by atoms with Crippen LogP contribution in [0.5, 0.6) is 5.75 Å². The van der Waals surface area contributed by atoms with E-state index in [2.05, 4.69) is 55.7 Å². The standard InChI is InChI=1S/C26H18FN5OS/c27-23-5-1-2-6-24(23)33-9-3-4-20-11-19(14-34-20)25-22-12-18-8-7-17(13-32-16-28-15-29-32)10-21(18)26(22)31-30-25/h1-2,5-8,10-11,14-16H,9,12-13H2,(H,30,31). The largest absolute Gasteiger partial charge is 0.478 e. The molecule has 8 heteroatoms. The SMILES string of the molecule is Fc1ccccc1OCC#Cc1cc(-c2n[nH]c3c2Cc2ccc(Cn4cncn4)cc2-3)cs1. The highest BCUT2D eigenvalue weighted by atomic mass is 32.1. The Morgan fingerprint density at radius 1 is 1.18 bits per heavy atom. The fourth-order valence-corrected chi connectivity index (χ4v) is 4.88. The first-order valence-corrected chi connectivity index (χ1v) is 11.6. The van der Waals surface area contributed by atoms with Crippen LogP contribution in [-0.2, 0) is 13.0 Å². The Labute approximate surface area is 199 Å². The van der Waals surface area contributed by atoms with Crippen molar-refractivity contribution in [2.45, 2.75) is 13.0 Å². The number of halogens is 1. The molecule has 6 nitrogen and oxygen atoms in total. The van der Waals surface area contributed by atoms with Crippen LogP contribution in [0.1, 0.15) is 21.6 Å². The van der Waals surface area contributed by atoms with E-state index in [1.165, 1.54) is 28.3 Å². The van der Waals surface area contributed by atoms with Gasteiger partial charge in [0.05, 0.1) is 22.8 Å². The normalized spacial score (nSPS) is 11.6. The predicted molar refractivity (Wildman–Crippen MR) is 128 cm³/mol. The van der Waals surface area contributed by atoms with Crippen molar-refractivity contribution in [3.63, 3.8) is 0 Å². The molecule has 0 saturated heterocycles. The van der Waals surface area contributed by atoms with Gasteiger partial charge in [-0.3, -0.25) is 5.10 Å². The molecule has 34 heavy (non-hydrogen) atoms. The molecule has 0 fully saturated rings. The molecule has 3 heterocycles. The predicted octanol–water partition coefficient (Wildman–Crippen LogP) is 4.92. The zero-order chi connectivity index (χ0) is 22.9. The number of fused-ring (bicyclic) bond motifs is 3. The zero-order valence-electron chi connectivity index (χ0n) is 18.0. The summed E-state index contributed by atoms with van der Waals surface area (Å²) in [5.41, 5.74) is 7.91. The lowest BCUT2D eigenvalue weighted by Gasteiger charge is -2.05. The number of ether oxygens (including phenoxy) is 1.